The van der Waals surface area contributed by atoms with Gasteiger partial charge in [0.25, 0.3) is 0 Å². The summed E-state index contributed by atoms with van der Waals surface area (Å²) in [6, 6.07) is 4.99. The van der Waals surface area contributed by atoms with Crippen molar-refractivity contribution in [3.05, 3.63) is 33.8 Å². The third-order valence-corrected chi connectivity index (χ3v) is 4.96. The maximum atomic E-state index is 11.2. The number of aliphatic carboxylic acids is 1. The van der Waals surface area contributed by atoms with E-state index in [1.807, 2.05) is 0 Å². The summed E-state index contributed by atoms with van der Waals surface area (Å²) in [5, 5.41) is 20.7. The van der Waals surface area contributed by atoms with Gasteiger partial charge in [-0.1, -0.05) is 42.5 Å². The monoisotopic (exact) mass is 330 g/mol. The summed E-state index contributed by atoms with van der Waals surface area (Å²) in [7, 11) is 0. The average Bonchev–Trinajstić information content (AvgIpc) is 2.41. The molecule has 1 atom stereocenters. The molecule has 0 aliphatic heterocycles. The molecule has 5 heteroatoms. The predicted molar refractivity (Wildman–Crippen MR) is 83.8 cm³/mol. The van der Waals surface area contributed by atoms with Crippen LogP contribution >= 0.6 is 23.2 Å². The second kappa shape index (κ2) is 6.99. The van der Waals surface area contributed by atoms with Crippen LogP contribution < -0.4 is 0 Å². The molecular formula is C16H20Cl2O3. The lowest BCUT2D eigenvalue weighted by Crippen LogP contribution is -2.29. The molecule has 0 heterocycles. The lowest BCUT2D eigenvalue weighted by Gasteiger charge is -2.38. The largest absolute Gasteiger partial charge is 0.481 e. The molecule has 3 nitrogen and oxygen atoms in total. The van der Waals surface area contributed by atoms with Gasteiger partial charge in [-0.3, -0.25) is 4.79 Å². The molecule has 2 N–H and O–H groups in total. The third kappa shape index (κ3) is 4.35. The van der Waals surface area contributed by atoms with E-state index >= 15 is 0 Å². The predicted octanol–water partition coefficient (Wildman–Crippen LogP) is 4.84. The van der Waals surface area contributed by atoms with E-state index in [1.54, 1.807) is 18.2 Å². The summed E-state index contributed by atoms with van der Waals surface area (Å²) < 4.78 is 0. The second-order valence-electron chi connectivity index (χ2n) is 6.02. The first kappa shape index (κ1) is 16.6. The Kier molecular flexibility index (Phi) is 5.53. The molecule has 1 fully saturated rings. The molecule has 1 aromatic rings. The quantitative estimate of drug-likeness (QED) is 0.811. The zero-order valence-corrected chi connectivity index (χ0v) is 13.3. The smallest absolute Gasteiger partial charge is 0.303 e. The van der Waals surface area contributed by atoms with Crippen LogP contribution in [0, 0.1) is 5.41 Å². The summed E-state index contributed by atoms with van der Waals surface area (Å²) in [5.41, 5.74) is 0.245. The van der Waals surface area contributed by atoms with Crippen molar-refractivity contribution < 1.29 is 15.0 Å². The Morgan fingerprint density at radius 3 is 2.52 bits per heavy atom. The van der Waals surface area contributed by atoms with Gasteiger partial charge in [-0.05, 0) is 42.9 Å². The van der Waals surface area contributed by atoms with Crippen LogP contribution in [0.2, 0.25) is 10.0 Å². The Morgan fingerprint density at radius 2 is 1.90 bits per heavy atom. The number of rotatable bonds is 5. The molecule has 1 saturated carbocycles. The fourth-order valence-electron chi connectivity index (χ4n) is 3.37. The highest BCUT2D eigenvalue weighted by atomic mass is 35.5. The van der Waals surface area contributed by atoms with Crippen LogP contribution in [0.15, 0.2) is 18.2 Å². The summed E-state index contributed by atoms with van der Waals surface area (Å²) in [6.07, 6.45) is 4.58. The summed E-state index contributed by atoms with van der Waals surface area (Å²) >= 11 is 12.1. The molecule has 0 saturated heterocycles. The minimum absolute atomic E-state index is 0.0994. The fraction of sp³-hybridized carbons (Fsp3) is 0.562. The average molecular weight is 331 g/mol. The zero-order valence-electron chi connectivity index (χ0n) is 11.8. The molecule has 1 aliphatic rings. The summed E-state index contributed by atoms with van der Waals surface area (Å²) in [5.74, 6) is -0.804. The van der Waals surface area contributed by atoms with Crippen molar-refractivity contribution in [3.63, 3.8) is 0 Å². The van der Waals surface area contributed by atoms with E-state index < -0.39 is 12.1 Å². The maximum absolute atomic E-state index is 11.2. The molecule has 1 unspecified atom stereocenters. The van der Waals surface area contributed by atoms with E-state index in [9.17, 15) is 15.0 Å². The third-order valence-electron chi connectivity index (χ3n) is 4.38. The number of hydrogen-bond donors (Lipinski definition) is 2. The van der Waals surface area contributed by atoms with Crippen LogP contribution in [0.4, 0.5) is 0 Å². The molecule has 0 aromatic heterocycles. The number of carboxylic acid groups (broad SMARTS) is 1. The summed E-state index contributed by atoms with van der Waals surface area (Å²) in [6.45, 7) is 0. The second-order valence-corrected chi connectivity index (χ2v) is 6.86. The number of carbonyl (C=O) groups is 1. The van der Waals surface area contributed by atoms with Gasteiger partial charge in [-0.15, -0.1) is 0 Å². The van der Waals surface area contributed by atoms with Crippen molar-refractivity contribution in [3.8, 4) is 0 Å². The van der Waals surface area contributed by atoms with Crippen molar-refractivity contribution in [1.29, 1.82) is 0 Å². The first-order chi connectivity index (χ1) is 9.92. The van der Waals surface area contributed by atoms with Crippen LogP contribution in [-0.4, -0.2) is 16.2 Å². The Morgan fingerprint density at radius 1 is 1.24 bits per heavy atom. The Bertz CT molecular complexity index is 510. The first-order valence-electron chi connectivity index (χ1n) is 7.27. The minimum Gasteiger partial charge on any atom is -0.481 e. The van der Waals surface area contributed by atoms with Crippen molar-refractivity contribution in [2.75, 3.05) is 0 Å². The van der Waals surface area contributed by atoms with Crippen LogP contribution in [0.5, 0.6) is 0 Å². The van der Waals surface area contributed by atoms with E-state index in [0.717, 1.165) is 32.1 Å². The molecule has 1 aliphatic carbocycles. The van der Waals surface area contributed by atoms with Crippen molar-refractivity contribution in [2.45, 2.75) is 51.0 Å². The van der Waals surface area contributed by atoms with Gasteiger partial charge in [0.15, 0.2) is 0 Å². The lowest BCUT2D eigenvalue weighted by molar-refractivity contribution is -0.141. The highest BCUT2D eigenvalue weighted by Crippen LogP contribution is 2.46. The van der Waals surface area contributed by atoms with Crippen molar-refractivity contribution >= 4 is 29.2 Å². The molecule has 0 amide bonds. The fourth-order valence-corrected chi connectivity index (χ4v) is 3.79. The van der Waals surface area contributed by atoms with Gasteiger partial charge in [0.2, 0.25) is 0 Å². The number of benzene rings is 1. The van der Waals surface area contributed by atoms with Crippen molar-refractivity contribution in [2.24, 2.45) is 5.41 Å². The lowest BCUT2D eigenvalue weighted by atomic mass is 9.68. The molecule has 1 aromatic carbocycles. The van der Waals surface area contributed by atoms with E-state index in [1.165, 1.54) is 0 Å². The van der Waals surface area contributed by atoms with Crippen LogP contribution in [0.1, 0.15) is 56.6 Å². The van der Waals surface area contributed by atoms with Gasteiger partial charge >= 0.3 is 5.97 Å². The number of aliphatic hydroxyl groups is 1. The first-order valence-corrected chi connectivity index (χ1v) is 8.02. The van der Waals surface area contributed by atoms with E-state index in [-0.39, 0.29) is 11.8 Å². The van der Waals surface area contributed by atoms with Gasteiger partial charge < -0.3 is 10.2 Å². The molecule has 0 bridgehead atoms. The number of carboxylic acids is 1. The summed E-state index contributed by atoms with van der Waals surface area (Å²) in [4.78, 5) is 11.2. The minimum atomic E-state index is -0.804. The number of hydrogen-bond acceptors (Lipinski definition) is 2. The molecule has 21 heavy (non-hydrogen) atoms. The Labute approximate surface area is 134 Å². The van der Waals surface area contributed by atoms with Crippen LogP contribution in [-0.2, 0) is 4.79 Å². The highest BCUT2D eigenvalue weighted by Gasteiger charge is 2.36. The SMILES string of the molecule is O=C(O)CC1(CC(O)c2cc(Cl)ccc2Cl)CCCCC1. The highest BCUT2D eigenvalue weighted by molar-refractivity contribution is 6.33. The van der Waals surface area contributed by atoms with E-state index in [4.69, 9.17) is 23.2 Å². The van der Waals surface area contributed by atoms with Gasteiger partial charge in [0.05, 0.1) is 12.5 Å². The van der Waals surface area contributed by atoms with Gasteiger partial charge in [-0.25, -0.2) is 0 Å². The zero-order chi connectivity index (χ0) is 15.5. The van der Waals surface area contributed by atoms with Crippen molar-refractivity contribution in [1.82, 2.24) is 0 Å². The molecule has 0 radical (unpaired) electrons. The van der Waals surface area contributed by atoms with Gasteiger partial charge in [-0.2, -0.15) is 0 Å². The van der Waals surface area contributed by atoms with Gasteiger partial charge in [0, 0.05) is 15.6 Å². The maximum Gasteiger partial charge on any atom is 0.303 e. The molecule has 2 rings (SSSR count). The molecule has 0 spiro atoms. The number of halogens is 2. The van der Waals surface area contributed by atoms with E-state index in [0.29, 0.717) is 22.0 Å². The topological polar surface area (TPSA) is 57.5 Å². The number of aliphatic hydroxyl groups excluding tert-OH is 1. The van der Waals surface area contributed by atoms with Crippen LogP contribution in [0.3, 0.4) is 0 Å². The standard InChI is InChI=1S/C16H20Cl2O3/c17-11-4-5-13(18)12(8-11)14(19)9-16(10-15(20)21)6-2-1-3-7-16/h4-5,8,14,19H,1-3,6-7,9-10H2,(H,20,21). The van der Waals surface area contributed by atoms with Gasteiger partial charge in [0.1, 0.15) is 0 Å². The normalized spacial score (nSPS) is 19.2. The van der Waals surface area contributed by atoms with Crippen LogP contribution in [0.25, 0.3) is 0 Å². The Hall–Kier alpha value is -0.770. The molecular weight excluding hydrogens is 311 g/mol. The Balaban J connectivity index is 2.19. The van der Waals surface area contributed by atoms with E-state index in [2.05, 4.69) is 0 Å². The molecule has 116 valence electrons.